The predicted molar refractivity (Wildman–Crippen MR) is 107 cm³/mol. The Labute approximate surface area is 157 Å². The molecule has 3 nitrogen and oxygen atoms in total. The molecule has 0 aliphatic rings. The molecule has 0 saturated carbocycles. The fourth-order valence-electron chi connectivity index (χ4n) is 2.86. The van der Waals surface area contributed by atoms with Crippen molar-refractivity contribution in [3.8, 4) is 16.9 Å². The van der Waals surface area contributed by atoms with Gasteiger partial charge in [0.25, 0.3) is 0 Å². The van der Waals surface area contributed by atoms with Gasteiger partial charge in [-0.05, 0) is 42.0 Å². The van der Waals surface area contributed by atoms with Crippen LogP contribution in [0.15, 0.2) is 96.1 Å². The average Bonchev–Trinajstić information content (AvgIpc) is 3.14. The normalized spacial score (nSPS) is 11.1. The van der Waals surface area contributed by atoms with E-state index in [-0.39, 0.29) is 5.82 Å². The summed E-state index contributed by atoms with van der Waals surface area (Å²) in [6.07, 6.45) is 3.78. The third-order valence-corrected chi connectivity index (χ3v) is 4.23. The van der Waals surface area contributed by atoms with Gasteiger partial charge in [-0.15, -0.1) is 0 Å². The second-order valence-electron chi connectivity index (χ2n) is 6.18. The summed E-state index contributed by atoms with van der Waals surface area (Å²) >= 11 is 0. The van der Waals surface area contributed by atoms with Gasteiger partial charge in [0.1, 0.15) is 11.5 Å². The first-order valence-electron chi connectivity index (χ1n) is 8.74. The second kappa shape index (κ2) is 7.79. The number of aromatic nitrogens is 2. The van der Waals surface area contributed by atoms with E-state index in [2.05, 4.69) is 4.99 Å². The molecule has 0 aliphatic carbocycles. The fraction of sp³-hybridized carbons (Fsp3) is 0.0435. The summed E-state index contributed by atoms with van der Waals surface area (Å²) in [6, 6.07) is 26.3. The number of halogens is 1. The number of hydrogen-bond donors (Lipinski definition) is 0. The maximum absolute atomic E-state index is 13.3. The summed E-state index contributed by atoms with van der Waals surface area (Å²) in [4.78, 5) is 4.57. The van der Waals surface area contributed by atoms with Gasteiger partial charge >= 0.3 is 0 Å². The van der Waals surface area contributed by atoms with Gasteiger partial charge in [-0.1, -0.05) is 48.5 Å². The highest BCUT2D eigenvalue weighted by Gasteiger charge is 2.11. The molecule has 132 valence electrons. The maximum atomic E-state index is 13.3. The standard InChI is InChI=1S/C23H18FN3/c24-21-13-11-19(12-14-21)23-20(16-25-15-18-7-3-1-4-8-18)17-27(26-23)22-9-5-2-6-10-22/h1-14,16-17H,15H2. The fourth-order valence-corrected chi connectivity index (χ4v) is 2.86. The third-order valence-electron chi connectivity index (χ3n) is 4.23. The van der Waals surface area contributed by atoms with E-state index in [4.69, 9.17) is 5.10 Å². The molecule has 4 aromatic rings. The quantitative estimate of drug-likeness (QED) is 0.447. The van der Waals surface area contributed by atoms with Crippen LogP contribution in [0, 0.1) is 5.82 Å². The van der Waals surface area contributed by atoms with E-state index in [1.54, 1.807) is 12.1 Å². The van der Waals surface area contributed by atoms with Crippen LogP contribution in [0.3, 0.4) is 0 Å². The van der Waals surface area contributed by atoms with Crippen molar-refractivity contribution >= 4 is 6.21 Å². The zero-order valence-corrected chi connectivity index (χ0v) is 14.7. The van der Waals surface area contributed by atoms with Crippen LogP contribution in [0.1, 0.15) is 11.1 Å². The van der Waals surface area contributed by atoms with Crippen LogP contribution in [-0.4, -0.2) is 16.0 Å². The van der Waals surface area contributed by atoms with Crippen molar-refractivity contribution in [2.45, 2.75) is 6.54 Å². The van der Waals surface area contributed by atoms with Gasteiger partial charge in [0.2, 0.25) is 0 Å². The first kappa shape index (κ1) is 16.9. The zero-order chi connectivity index (χ0) is 18.5. The van der Waals surface area contributed by atoms with Crippen molar-refractivity contribution in [2.24, 2.45) is 4.99 Å². The van der Waals surface area contributed by atoms with Gasteiger partial charge < -0.3 is 0 Å². The van der Waals surface area contributed by atoms with Crippen LogP contribution in [0.4, 0.5) is 4.39 Å². The summed E-state index contributed by atoms with van der Waals surface area (Å²) in [6.45, 7) is 0.597. The minimum absolute atomic E-state index is 0.263. The zero-order valence-electron chi connectivity index (χ0n) is 14.7. The largest absolute Gasteiger partial charge is 0.288 e. The predicted octanol–water partition coefficient (Wildman–Crippen LogP) is 5.30. The van der Waals surface area contributed by atoms with Crippen LogP contribution < -0.4 is 0 Å². The van der Waals surface area contributed by atoms with Crippen molar-refractivity contribution in [1.29, 1.82) is 0 Å². The van der Waals surface area contributed by atoms with E-state index in [0.717, 1.165) is 28.1 Å². The van der Waals surface area contributed by atoms with Gasteiger partial charge in [-0.2, -0.15) is 5.10 Å². The van der Waals surface area contributed by atoms with Crippen LogP contribution >= 0.6 is 0 Å². The molecule has 27 heavy (non-hydrogen) atoms. The molecular formula is C23H18FN3. The lowest BCUT2D eigenvalue weighted by Crippen LogP contribution is -1.94. The van der Waals surface area contributed by atoms with E-state index in [1.807, 2.05) is 77.8 Å². The first-order valence-corrected chi connectivity index (χ1v) is 8.74. The SMILES string of the molecule is Fc1ccc(-c2nn(-c3ccccc3)cc2C=NCc2ccccc2)cc1. The van der Waals surface area contributed by atoms with Gasteiger partial charge in [0, 0.05) is 23.5 Å². The van der Waals surface area contributed by atoms with Crippen molar-refractivity contribution in [1.82, 2.24) is 9.78 Å². The average molecular weight is 355 g/mol. The first-order chi connectivity index (χ1) is 13.3. The van der Waals surface area contributed by atoms with E-state index in [0.29, 0.717) is 6.54 Å². The minimum atomic E-state index is -0.263. The van der Waals surface area contributed by atoms with Crippen LogP contribution in [-0.2, 0) is 6.54 Å². The topological polar surface area (TPSA) is 30.2 Å². The lowest BCUT2D eigenvalue weighted by Gasteiger charge is -2.00. The smallest absolute Gasteiger partial charge is 0.123 e. The van der Waals surface area contributed by atoms with E-state index < -0.39 is 0 Å². The number of aliphatic imine (C=N–C) groups is 1. The molecule has 3 aromatic carbocycles. The van der Waals surface area contributed by atoms with Crippen molar-refractivity contribution < 1.29 is 4.39 Å². The Kier molecular flexibility index (Phi) is 4.88. The molecule has 0 radical (unpaired) electrons. The monoisotopic (exact) mass is 355 g/mol. The van der Waals surface area contributed by atoms with Crippen LogP contribution in [0.5, 0.6) is 0 Å². The van der Waals surface area contributed by atoms with E-state index >= 15 is 0 Å². The number of nitrogens with zero attached hydrogens (tertiary/aromatic N) is 3. The highest BCUT2D eigenvalue weighted by atomic mass is 19.1. The summed E-state index contributed by atoms with van der Waals surface area (Å²) in [5.41, 5.74) is 4.63. The minimum Gasteiger partial charge on any atom is -0.288 e. The van der Waals surface area contributed by atoms with Gasteiger partial charge in [0.05, 0.1) is 12.2 Å². The number of rotatable bonds is 5. The van der Waals surface area contributed by atoms with Crippen LogP contribution in [0.2, 0.25) is 0 Å². The molecule has 0 atom stereocenters. The Bertz CT molecular complexity index is 1040. The van der Waals surface area contributed by atoms with Crippen molar-refractivity contribution in [2.75, 3.05) is 0 Å². The molecule has 0 spiro atoms. The molecule has 4 rings (SSSR count). The third kappa shape index (κ3) is 4.01. The molecule has 0 bridgehead atoms. The van der Waals surface area contributed by atoms with Crippen molar-refractivity contribution in [3.05, 3.63) is 108 Å². The molecule has 0 unspecified atom stereocenters. The number of hydrogen-bond acceptors (Lipinski definition) is 2. The van der Waals surface area contributed by atoms with Gasteiger partial charge in [0.15, 0.2) is 0 Å². The maximum Gasteiger partial charge on any atom is 0.123 e. The summed E-state index contributed by atoms with van der Waals surface area (Å²) < 4.78 is 15.1. The van der Waals surface area contributed by atoms with Gasteiger partial charge in [-0.25, -0.2) is 9.07 Å². The summed E-state index contributed by atoms with van der Waals surface area (Å²) in [5, 5.41) is 4.71. The Balaban J connectivity index is 1.69. The molecule has 0 fully saturated rings. The lowest BCUT2D eigenvalue weighted by molar-refractivity contribution is 0.628. The number of benzene rings is 3. The second-order valence-corrected chi connectivity index (χ2v) is 6.18. The molecular weight excluding hydrogens is 337 g/mol. The lowest BCUT2D eigenvalue weighted by atomic mass is 10.1. The van der Waals surface area contributed by atoms with E-state index in [1.165, 1.54) is 12.1 Å². The Morgan fingerprint density at radius 3 is 2.22 bits per heavy atom. The number of para-hydroxylation sites is 1. The highest BCUT2D eigenvalue weighted by Crippen LogP contribution is 2.23. The molecule has 0 N–H and O–H groups in total. The Hall–Kier alpha value is -3.53. The molecule has 1 aromatic heterocycles. The molecule has 4 heteroatoms. The summed E-state index contributed by atoms with van der Waals surface area (Å²) in [5.74, 6) is -0.263. The Morgan fingerprint density at radius 1 is 0.852 bits per heavy atom. The van der Waals surface area contributed by atoms with Gasteiger partial charge in [-0.3, -0.25) is 4.99 Å². The van der Waals surface area contributed by atoms with Crippen molar-refractivity contribution in [3.63, 3.8) is 0 Å². The molecule has 0 amide bonds. The van der Waals surface area contributed by atoms with Crippen LogP contribution in [0.25, 0.3) is 16.9 Å². The van der Waals surface area contributed by atoms with E-state index in [9.17, 15) is 4.39 Å². The highest BCUT2D eigenvalue weighted by molar-refractivity contribution is 5.88. The Morgan fingerprint density at radius 2 is 1.52 bits per heavy atom. The molecule has 0 aliphatic heterocycles. The molecule has 1 heterocycles. The summed E-state index contributed by atoms with van der Waals surface area (Å²) in [7, 11) is 0. The molecule has 0 saturated heterocycles.